The van der Waals surface area contributed by atoms with Crippen molar-refractivity contribution in [1.29, 1.82) is 0 Å². The number of hydrazine groups is 1. The van der Waals surface area contributed by atoms with Gasteiger partial charge in [-0.1, -0.05) is 30.3 Å². The molecule has 0 aliphatic rings. The first-order valence-electron chi connectivity index (χ1n) is 6.13. The van der Waals surface area contributed by atoms with Crippen molar-refractivity contribution < 1.29 is 8.78 Å². The van der Waals surface area contributed by atoms with E-state index < -0.39 is 0 Å². The van der Waals surface area contributed by atoms with Gasteiger partial charge in [0.25, 0.3) is 0 Å². The van der Waals surface area contributed by atoms with Gasteiger partial charge in [0.2, 0.25) is 0 Å². The summed E-state index contributed by atoms with van der Waals surface area (Å²) in [6.07, 6.45) is 1.10. The van der Waals surface area contributed by atoms with E-state index in [1.807, 2.05) is 0 Å². The van der Waals surface area contributed by atoms with Gasteiger partial charge in [0, 0.05) is 6.04 Å². The molecule has 100 valence electrons. The molecule has 2 nitrogen and oxygen atoms in total. The monoisotopic (exact) mass is 262 g/mol. The second kappa shape index (κ2) is 6.41. The molecule has 1 unspecified atom stereocenters. The molecule has 0 fully saturated rings. The zero-order valence-electron chi connectivity index (χ0n) is 10.4. The zero-order chi connectivity index (χ0) is 13.7. The quantitative estimate of drug-likeness (QED) is 0.642. The Morgan fingerprint density at radius 3 is 2.26 bits per heavy atom. The lowest BCUT2D eigenvalue weighted by Gasteiger charge is -2.16. The van der Waals surface area contributed by atoms with E-state index >= 15 is 0 Å². The van der Waals surface area contributed by atoms with E-state index in [1.165, 1.54) is 18.2 Å². The van der Waals surface area contributed by atoms with E-state index in [0.717, 1.165) is 5.56 Å². The van der Waals surface area contributed by atoms with Crippen molar-refractivity contribution in [2.45, 2.75) is 18.9 Å². The molecule has 4 heteroatoms. The standard InChI is InChI=1S/C15H16F2N2/c16-13-7-5-11(6-8-13)9-14(19-18)10-12-3-1-2-4-15(12)17/h1-8,14,19H,9-10,18H2. The number of nitrogens with two attached hydrogens (primary N) is 1. The number of benzene rings is 2. The second-order valence-electron chi connectivity index (χ2n) is 4.49. The van der Waals surface area contributed by atoms with E-state index in [4.69, 9.17) is 5.84 Å². The molecule has 2 aromatic carbocycles. The fourth-order valence-electron chi connectivity index (χ4n) is 2.02. The maximum atomic E-state index is 13.6. The van der Waals surface area contributed by atoms with Gasteiger partial charge in [-0.3, -0.25) is 11.3 Å². The molecule has 0 spiro atoms. The fourth-order valence-corrected chi connectivity index (χ4v) is 2.02. The average molecular weight is 262 g/mol. The largest absolute Gasteiger partial charge is 0.271 e. The van der Waals surface area contributed by atoms with Gasteiger partial charge in [-0.05, 0) is 42.2 Å². The Labute approximate surface area is 111 Å². The van der Waals surface area contributed by atoms with Crippen molar-refractivity contribution in [3.8, 4) is 0 Å². The van der Waals surface area contributed by atoms with Gasteiger partial charge in [-0.25, -0.2) is 8.78 Å². The molecule has 0 saturated carbocycles. The van der Waals surface area contributed by atoms with Gasteiger partial charge >= 0.3 is 0 Å². The smallest absolute Gasteiger partial charge is 0.126 e. The summed E-state index contributed by atoms with van der Waals surface area (Å²) in [7, 11) is 0. The summed E-state index contributed by atoms with van der Waals surface area (Å²) in [4.78, 5) is 0. The Kier molecular flexibility index (Phi) is 4.60. The Morgan fingerprint density at radius 2 is 1.63 bits per heavy atom. The molecule has 2 rings (SSSR count). The summed E-state index contributed by atoms with van der Waals surface area (Å²) in [6.45, 7) is 0. The summed E-state index contributed by atoms with van der Waals surface area (Å²) < 4.78 is 26.4. The minimum Gasteiger partial charge on any atom is -0.271 e. The Bertz CT molecular complexity index is 526. The van der Waals surface area contributed by atoms with Crippen LogP contribution in [0.25, 0.3) is 0 Å². The average Bonchev–Trinajstić information content (AvgIpc) is 2.43. The highest BCUT2D eigenvalue weighted by atomic mass is 19.1. The van der Waals surface area contributed by atoms with Gasteiger partial charge in [-0.15, -0.1) is 0 Å². The molecule has 0 aliphatic heterocycles. The molecule has 0 aromatic heterocycles. The van der Waals surface area contributed by atoms with E-state index in [1.54, 1.807) is 30.3 Å². The summed E-state index contributed by atoms with van der Waals surface area (Å²) in [6, 6.07) is 12.8. The third kappa shape index (κ3) is 3.84. The molecule has 19 heavy (non-hydrogen) atoms. The van der Waals surface area contributed by atoms with Gasteiger partial charge < -0.3 is 0 Å². The predicted molar refractivity (Wildman–Crippen MR) is 71.3 cm³/mol. The van der Waals surface area contributed by atoms with E-state index in [2.05, 4.69) is 5.43 Å². The fraction of sp³-hybridized carbons (Fsp3) is 0.200. The maximum absolute atomic E-state index is 13.6. The summed E-state index contributed by atoms with van der Waals surface area (Å²) in [5.74, 6) is 5.00. The van der Waals surface area contributed by atoms with Crippen LogP contribution >= 0.6 is 0 Å². The molecule has 0 heterocycles. The molecule has 1 atom stereocenters. The van der Waals surface area contributed by atoms with Crippen LogP contribution in [-0.2, 0) is 12.8 Å². The summed E-state index contributed by atoms with van der Waals surface area (Å²) >= 11 is 0. The molecule has 0 amide bonds. The number of halogens is 2. The molecule has 3 N–H and O–H groups in total. The van der Waals surface area contributed by atoms with Crippen LogP contribution in [0.1, 0.15) is 11.1 Å². The highest BCUT2D eigenvalue weighted by Gasteiger charge is 2.11. The summed E-state index contributed by atoms with van der Waals surface area (Å²) in [5.41, 5.74) is 4.26. The van der Waals surface area contributed by atoms with Crippen LogP contribution in [0.3, 0.4) is 0 Å². The Morgan fingerprint density at radius 1 is 0.947 bits per heavy atom. The van der Waals surface area contributed by atoms with Crippen molar-refractivity contribution in [3.63, 3.8) is 0 Å². The SMILES string of the molecule is NNC(Cc1ccc(F)cc1)Cc1ccccc1F. The van der Waals surface area contributed by atoms with Crippen LogP contribution < -0.4 is 11.3 Å². The van der Waals surface area contributed by atoms with Gasteiger partial charge in [0.1, 0.15) is 11.6 Å². The summed E-state index contributed by atoms with van der Waals surface area (Å²) in [5, 5.41) is 0. The maximum Gasteiger partial charge on any atom is 0.126 e. The van der Waals surface area contributed by atoms with Crippen LogP contribution in [0.15, 0.2) is 48.5 Å². The Hall–Kier alpha value is -1.78. The lowest BCUT2D eigenvalue weighted by atomic mass is 9.99. The third-order valence-corrected chi connectivity index (χ3v) is 3.06. The first kappa shape index (κ1) is 13.6. The number of nitrogens with one attached hydrogen (secondary N) is 1. The van der Waals surface area contributed by atoms with E-state index in [9.17, 15) is 8.78 Å². The number of hydrogen-bond acceptors (Lipinski definition) is 2. The zero-order valence-corrected chi connectivity index (χ0v) is 10.4. The predicted octanol–water partition coefficient (Wildman–Crippen LogP) is 2.58. The second-order valence-corrected chi connectivity index (χ2v) is 4.49. The number of hydrogen-bond donors (Lipinski definition) is 2. The van der Waals surface area contributed by atoms with E-state index in [-0.39, 0.29) is 17.7 Å². The third-order valence-electron chi connectivity index (χ3n) is 3.06. The van der Waals surface area contributed by atoms with Crippen LogP contribution in [-0.4, -0.2) is 6.04 Å². The molecule has 0 saturated heterocycles. The molecular formula is C15H16F2N2. The van der Waals surface area contributed by atoms with Crippen LogP contribution in [0.2, 0.25) is 0 Å². The van der Waals surface area contributed by atoms with Gasteiger partial charge in [0.15, 0.2) is 0 Å². The van der Waals surface area contributed by atoms with Gasteiger partial charge in [-0.2, -0.15) is 0 Å². The van der Waals surface area contributed by atoms with Crippen molar-refractivity contribution in [3.05, 3.63) is 71.3 Å². The molecule has 0 bridgehead atoms. The molecule has 0 aliphatic carbocycles. The topological polar surface area (TPSA) is 38.0 Å². The van der Waals surface area contributed by atoms with Crippen molar-refractivity contribution in [1.82, 2.24) is 5.43 Å². The lowest BCUT2D eigenvalue weighted by Crippen LogP contribution is -2.38. The van der Waals surface area contributed by atoms with Crippen molar-refractivity contribution in [2.75, 3.05) is 0 Å². The molecular weight excluding hydrogens is 246 g/mol. The first-order valence-corrected chi connectivity index (χ1v) is 6.13. The lowest BCUT2D eigenvalue weighted by molar-refractivity contribution is 0.506. The van der Waals surface area contributed by atoms with Crippen LogP contribution in [0.4, 0.5) is 8.78 Å². The van der Waals surface area contributed by atoms with E-state index in [0.29, 0.717) is 18.4 Å². The van der Waals surface area contributed by atoms with Crippen LogP contribution in [0, 0.1) is 11.6 Å². The minimum absolute atomic E-state index is 0.0950. The van der Waals surface area contributed by atoms with Gasteiger partial charge in [0.05, 0.1) is 0 Å². The number of rotatable bonds is 5. The molecule has 0 radical (unpaired) electrons. The van der Waals surface area contributed by atoms with Crippen LogP contribution in [0.5, 0.6) is 0 Å². The minimum atomic E-state index is -0.268. The molecule has 2 aromatic rings. The Balaban J connectivity index is 2.05. The highest BCUT2D eigenvalue weighted by molar-refractivity contribution is 5.21. The van der Waals surface area contributed by atoms with Crippen molar-refractivity contribution in [2.24, 2.45) is 5.84 Å². The van der Waals surface area contributed by atoms with Crippen molar-refractivity contribution >= 4 is 0 Å². The first-order chi connectivity index (χ1) is 9.19. The normalized spacial score (nSPS) is 12.4. The highest BCUT2D eigenvalue weighted by Crippen LogP contribution is 2.12.